The van der Waals surface area contributed by atoms with Gasteiger partial charge in [0.1, 0.15) is 5.82 Å². The first-order chi connectivity index (χ1) is 10.6. The van der Waals surface area contributed by atoms with Crippen LogP contribution in [0.1, 0.15) is 22.5 Å². The predicted molar refractivity (Wildman–Crippen MR) is 76.5 cm³/mol. The minimum atomic E-state index is -0.406. The molecule has 0 saturated heterocycles. The van der Waals surface area contributed by atoms with Crippen molar-refractivity contribution in [1.82, 2.24) is 4.90 Å². The lowest BCUT2D eigenvalue weighted by Gasteiger charge is -2.21. The van der Waals surface area contributed by atoms with E-state index in [4.69, 9.17) is 4.42 Å². The van der Waals surface area contributed by atoms with Gasteiger partial charge in [-0.15, -0.1) is 0 Å². The van der Waals surface area contributed by atoms with Gasteiger partial charge in [-0.2, -0.15) is 0 Å². The van der Waals surface area contributed by atoms with E-state index in [1.807, 2.05) is 0 Å². The van der Waals surface area contributed by atoms with Gasteiger partial charge in [-0.1, -0.05) is 12.1 Å². The van der Waals surface area contributed by atoms with Gasteiger partial charge in [0.05, 0.1) is 19.8 Å². The molecule has 1 aromatic carbocycles. The Balaban J connectivity index is 2.11. The molecular weight excluding hydrogens is 289 g/mol. The Bertz CT molecular complexity index is 622. The zero-order valence-electron chi connectivity index (χ0n) is 12.1. The number of furan rings is 1. The second kappa shape index (κ2) is 7.40. The Hall–Kier alpha value is -2.63. The van der Waals surface area contributed by atoms with Crippen molar-refractivity contribution in [2.45, 2.75) is 13.0 Å². The standard InChI is InChI=1S/C16H16FNO4/c1-21-15(19)8-9-18(16(20)14-3-2-10-22-14)11-12-4-6-13(17)7-5-12/h2-7,10H,8-9,11H2,1H3. The number of carbonyl (C=O) groups is 2. The molecule has 116 valence electrons. The number of esters is 1. The highest BCUT2D eigenvalue weighted by Crippen LogP contribution is 2.12. The van der Waals surface area contributed by atoms with Gasteiger partial charge in [0.2, 0.25) is 0 Å². The SMILES string of the molecule is COC(=O)CCN(Cc1ccc(F)cc1)C(=O)c1ccco1. The summed E-state index contributed by atoms with van der Waals surface area (Å²) in [6.45, 7) is 0.431. The second-order valence-corrected chi connectivity index (χ2v) is 4.66. The predicted octanol–water partition coefficient (Wildman–Crippen LogP) is 2.62. The number of carbonyl (C=O) groups excluding carboxylic acids is 2. The van der Waals surface area contributed by atoms with Crippen LogP contribution in [-0.4, -0.2) is 30.4 Å². The summed E-state index contributed by atoms with van der Waals surface area (Å²) < 4.78 is 22.6. The number of ether oxygens (including phenoxy) is 1. The Morgan fingerprint density at radius 3 is 2.55 bits per heavy atom. The van der Waals surface area contributed by atoms with Crippen LogP contribution in [0.3, 0.4) is 0 Å². The van der Waals surface area contributed by atoms with Crippen LogP contribution >= 0.6 is 0 Å². The van der Waals surface area contributed by atoms with E-state index >= 15 is 0 Å². The molecule has 0 saturated carbocycles. The molecule has 0 fully saturated rings. The van der Waals surface area contributed by atoms with Crippen LogP contribution in [0.5, 0.6) is 0 Å². The van der Waals surface area contributed by atoms with E-state index < -0.39 is 5.97 Å². The Morgan fingerprint density at radius 1 is 1.23 bits per heavy atom. The molecule has 2 aromatic rings. The molecule has 0 aliphatic carbocycles. The first kappa shape index (κ1) is 15.8. The van der Waals surface area contributed by atoms with Crippen molar-refractivity contribution < 1.29 is 23.1 Å². The van der Waals surface area contributed by atoms with E-state index in [2.05, 4.69) is 4.74 Å². The largest absolute Gasteiger partial charge is 0.469 e. The van der Waals surface area contributed by atoms with Gasteiger partial charge < -0.3 is 14.1 Å². The number of hydrogen-bond donors (Lipinski definition) is 0. The number of halogens is 1. The maximum absolute atomic E-state index is 12.9. The summed E-state index contributed by atoms with van der Waals surface area (Å²) in [6.07, 6.45) is 1.48. The molecular formula is C16H16FNO4. The average molecular weight is 305 g/mol. The fourth-order valence-corrected chi connectivity index (χ4v) is 1.95. The molecule has 6 heteroatoms. The summed E-state index contributed by atoms with van der Waals surface area (Å²) in [5.74, 6) is -0.899. The molecule has 5 nitrogen and oxygen atoms in total. The van der Waals surface area contributed by atoms with Gasteiger partial charge in [0, 0.05) is 13.1 Å². The topological polar surface area (TPSA) is 59.8 Å². The third-order valence-electron chi connectivity index (χ3n) is 3.12. The van der Waals surface area contributed by atoms with Crippen molar-refractivity contribution in [3.63, 3.8) is 0 Å². The molecule has 0 N–H and O–H groups in total. The molecule has 1 heterocycles. The number of amides is 1. The number of rotatable bonds is 6. The lowest BCUT2D eigenvalue weighted by Crippen LogP contribution is -2.32. The highest BCUT2D eigenvalue weighted by atomic mass is 19.1. The number of hydrogen-bond acceptors (Lipinski definition) is 4. The summed E-state index contributed by atoms with van der Waals surface area (Å²) in [7, 11) is 1.29. The average Bonchev–Trinajstić information content (AvgIpc) is 3.06. The molecule has 0 spiro atoms. The fraction of sp³-hybridized carbons (Fsp3) is 0.250. The van der Waals surface area contributed by atoms with Crippen molar-refractivity contribution >= 4 is 11.9 Å². The summed E-state index contributed by atoms with van der Waals surface area (Å²) in [5, 5.41) is 0. The number of methoxy groups -OCH3 is 1. The molecule has 0 unspecified atom stereocenters. The highest BCUT2D eigenvalue weighted by Gasteiger charge is 2.19. The van der Waals surface area contributed by atoms with Crippen LogP contribution in [0.4, 0.5) is 4.39 Å². The van der Waals surface area contributed by atoms with Crippen LogP contribution < -0.4 is 0 Å². The van der Waals surface area contributed by atoms with Crippen LogP contribution in [0.2, 0.25) is 0 Å². The van der Waals surface area contributed by atoms with Crippen LogP contribution in [0.25, 0.3) is 0 Å². The van der Waals surface area contributed by atoms with E-state index in [1.54, 1.807) is 24.3 Å². The molecule has 1 amide bonds. The van der Waals surface area contributed by atoms with Gasteiger partial charge in [0.25, 0.3) is 5.91 Å². The third-order valence-corrected chi connectivity index (χ3v) is 3.12. The van der Waals surface area contributed by atoms with Gasteiger partial charge in [0.15, 0.2) is 5.76 Å². The van der Waals surface area contributed by atoms with Gasteiger partial charge in [-0.25, -0.2) is 4.39 Å². The molecule has 0 aliphatic rings. The third kappa shape index (κ3) is 4.18. The molecule has 0 atom stereocenters. The van der Waals surface area contributed by atoms with Crippen LogP contribution in [0, 0.1) is 5.82 Å². The summed E-state index contributed by atoms with van der Waals surface area (Å²) in [5.41, 5.74) is 0.756. The van der Waals surface area contributed by atoms with Gasteiger partial charge in [-0.3, -0.25) is 9.59 Å². The lowest BCUT2D eigenvalue weighted by molar-refractivity contribution is -0.140. The van der Waals surface area contributed by atoms with Crippen molar-refractivity contribution in [2.24, 2.45) is 0 Å². The van der Waals surface area contributed by atoms with E-state index in [0.29, 0.717) is 0 Å². The zero-order valence-corrected chi connectivity index (χ0v) is 12.1. The maximum atomic E-state index is 12.9. The zero-order chi connectivity index (χ0) is 15.9. The van der Waals surface area contributed by atoms with Crippen molar-refractivity contribution in [3.05, 3.63) is 59.8 Å². The van der Waals surface area contributed by atoms with E-state index in [-0.39, 0.29) is 37.0 Å². The van der Waals surface area contributed by atoms with E-state index in [1.165, 1.54) is 30.4 Å². The maximum Gasteiger partial charge on any atom is 0.307 e. The quantitative estimate of drug-likeness (QED) is 0.770. The monoisotopic (exact) mass is 305 g/mol. The number of benzene rings is 1. The molecule has 0 radical (unpaired) electrons. The Morgan fingerprint density at radius 2 is 1.95 bits per heavy atom. The first-order valence-corrected chi connectivity index (χ1v) is 6.74. The molecule has 0 bridgehead atoms. The van der Waals surface area contributed by atoms with Crippen LogP contribution in [-0.2, 0) is 16.1 Å². The molecule has 1 aromatic heterocycles. The van der Waals surface area contributed by atoms with E-state index in [9.17, 15) is 14.0 Å². The summed E-state index contributed by atoms with van der Waals surface area (Å²) >= 11 is 0. The van der Waals surface area contributed by atoms with E-state index in [0.717, 1.165) is 5.56 Å². The highest BCUT2D eigenvalue weighted by molar-refractivity contribution is 5.91. The van der Waals surface area contributed by atoms with Crippen molar-refractivity contribution in [1.29, 1.82) is 0 Å². The van der Waals surface area contributed by atoms with Crippen molar-refractivity contribution in [3.8, 4) is 0 Å². The minimum absolute atomic E-state index is 0.0736. The fourth-order valence-electron chi connectivity index (χ4n) is 1.95. The summed E-state index contributed by atoms with van der Waals surface area (Å²) in [4.78, 5) is 25.1. The number of nitrogens with zero attached hydrogens (tertiary/aromatic N) is 1. The molecule has 0 aliphatic heterocycles. The minimum Gasteiger partial charge on any atom is -0.469 e. The Kier molecular flexibility index (Phi) is 5.30. The van der Waals surface area contributed by atoms with Crippen LogP contribution in [0.15, 0.2) is 47.1 Å². The normalized spacial score (nSPS) is 10.3. The Labute approximate surface area is 127 Å². The smallest absolute Gasteiger partial charge is 0.307 e. The second-order valence-electron chi connectivity index (χ2n) is 4.66. The van der Waals surface area contributed by atoms with Gasteiger partial charge in [-0.05, 0) is 29.8 Å². The van der Waals surface area contributed by atoms with Crippen molar-refractivity contribution in [2.75, 3.05) is 13.7 Å². The molecule has 22 heavy (non-hydrogen) atoms. The summed E-state index contributed by atoms with van der Waals surface area (Å²) in [6, 6.07) is 9.00. The molecule has 2 rings (SSSR count). The first-order valence-electron chi connectivity index (χ1n) is 6.74. The lowest BCUT2D eigenvalue weighted by atomic mass is 10.2. The van der Waals surface area contributed by atoms with Gasteiger partial charge >= 0.3 is 5.97 Å².